The normalized spacial score (nSPS) is 10.9. The molecule has 1 aromatic heterocycles. The van der Waals surface area contributed by atoms with E-state index in [0.717, 1.165) is 12.5 Å². The first-order valence-electron chi connectivity index (χ1n) is 5.15. The number of hydrogen-bond donors (Lipinski definition) is 1. The summed E-state index contributed by atoms with van der Waals surface area (Å²) in [6, 6.07) is 5.18. The third-order valence-corrected chi connectivity index (χ3v) is 2.50. The summed E-state index contributed by atoms with van der Waals surface area (Å²) in [5.74, 6) is -0.519. The summed E-state index contributed by atoms with van der Waals surface area (Å²) in [6.07, 6.45) is 0.774. The molecule has 1 N–H and O–H groups in total. The molecule has 0 saturated heterocycles. The van der Waals surface area contributed by atoms with Gasteiger partial charge in [0, 0.05) is 18.0 Å². The van der Waals surface area contributed by atoms with Crippen molar-refractivity contribution in [1.82, 2.24) is 4.57 Å². The lowest BCUT2D eigenvalue weighted by Gasteiger charge is -2.09. The monoisotopic (exact) mass is 221 g/mol. The van der Waals surface area contributed by atoms with Crippen molar-refractivity contribution in [2.75, 3.05) is 0 Å². The summed E-state index contributed by atoms with van der Waals surface area (Å²) in [5, 5.41) is 10.1. The van der Waals surface area contributed by atoms with E-state index in [1.165, 1.54) is 22.8 Å². The molecule has 0 radical (unpaired) electrons. The van der Waals surface area contributed by atoms with E-state index in [1.54, 1.807) is 0 Å². The van der Waals surface area contributed by atoms with Crippen molar-refractivity contribution in [3.05, 3.63) is 40.4 Å². The first-order valence-corrected chi connectivity index (χ1v) is 5.15. The van der Waals surface area contributed by atoms with Gasteiger partial charge in [-0.2, -0.15) is 0 Å². The van der Waals surface area contributed by atoms with E-state index in [4.69, 9.17) is 0 Å². The highest BCUT2D eigenvalue weighted by Gasteiger charge is 2.08. The summed E-state index contributed by atoms with van der Waals surface area (Å²) in [4.78, 5) is 11.6. The predicted octanol–water partition coefficient (Wildman–Crippen LogP) is 2.26. The topological polar surface area (TPSA) is 42.2 Å². The highest BCUT2D eigenvalue weighted by molar-refractivity contribution is 5.85. The van der Waals surface area contributed by atoms with Crippen molar-refractivity contribution in [1.29, 1.82) is 0 Å². The fourth-order valence-electron chi connectivity index (χ4n) is 1.79. The van der Waals surface area contributed by atoms with Gasteiger partial charge in [0.1, 0.15) is 11.6 Å². The van der Waals surface area contributed by atoms with Gasteiger partial charge in [-0.1, -0.05) is 6.92 Å². The Bertz CT molecular complexity index is 589. The summed E-state index contributed by atoms with van der Waals surface area (Å²) < 4.78 is 14.6. The molecule has 16 heavy (non-hydrogen) atoms. The van der Waals surface area contributed by atoms with E-state index in [9.17, 15) is 14.3 Å². The summed E-state index contributed by atoms with van der Waals surface area (Å²) in [6.45, 7) is 2.45. The van der Waals surface area contributed by atoms with Gasteiger partial charge in [0.05, 0.1) is 5.52 Å². The van der Waals surface area contributed by atoms with Gasteiger partial charge in [-0.25, -0.2) is 4.39 Å². The Morgan fingerprint density at radius 2 is 2.12 bits per heavy atom. The van der Waals surface area contributed by atoms with Gasteiger partial charge >= 0.3 is 0 Å². The fourth-order valence-corrected chi connectivity index (χ4v) is 1.79. The Kier molecular flexibility index (Phi) is 2.64. The Balaban J connectivity index is 2.86. The molecule has 2 aromatic rings. The van der Waals surface area contributed by atoms with Crippen LogP contribution in [0.2, 0.25) is 0 Å². The van der Waals surface area contributed by atoms with Gasteiger partial charge in [0.15, 0.2) is 0 Å². The average molecular weight is 221 g/mol. The summed E-state index contributed by atoms with van der Waals surface area (Å²) >= 11 is 0. The van der Waals surface area contributed by atoms with Crippen LogP contribution in [0.1, 0.15) is 13.3 Å². The highest BCUT2D eigenvalue weighted by Crippen LogP contribution is 2.23. The zero-order valence-electron chi connectivity index (χ0n) is 8.90. The van der Waals surface area contributed by atoms with Crippen LogP contribution in [-0.2, 0) is 6.54 Å². The molecule has 3 nitrogen and oxygen atoms in total. The maximum Gasteiger partial charge on any atom is 0.254 e. The number of hydrogen-bond acceptors (Lipinski definition) is 2. The Morgan fingerprint density at radius 3 is 2.81 bits per heavy atom. The molecule has 4 heteroatoms. The second-order valence-electron chi connectivity index (χ2n) is 3.68. The SMILES string of the molecule is CCCn1c(=O)cc(O)c2ccc(F)cc21. The molecule has 0 aliphatic carbocycles. The highest BCUT2D eigenvalue weighted by atomic mass is 19.1. The van der Waals surface area contributed by atoms with Crippen LogP contribution in [0.4, 0.5) is 4.39 Å². The molecule has 1 aromatic carbocycles. The van der Waals surface area contributed by atoms with Crippen molar-refractivity contribution < 1.29 is 9.50 Å². The first kappa shape index (κ1) is 10.7. The minimum Gasteiger partial charge on any atom is -0.507 e. The Morgan fingerprint density at radius 1 is 1.38 bits per heavy atom. The maximum absolute atomic E-state index is 13.1. The number of aromatic hydroxyl groups is 1. The summed E-state index contributed by atoms with van der Waals surface area (Å²) in [7, 11) is 0. The van der Waals surface area contributed by atoms with Crippen LogP contribution < -0.4 is 5.56 Å². The molecule has 0 fully saturated rings. The van der Waals surface area contributed by atoms with E-state index in [-0.39, 0.29) is 11.3 Å². The van der Waals surface area contributed by atoms with Gasteiger partial charge in [0.2, 0.25) is 0 Å². The first-order chi connectivity index (χ1) is 7.63. The van der Waals surface area contributed by atoms with Crippen molar-refractivity contribution in [2.45, 2.75) is 19.9 Å². The lowest BCUT2D eigenvalue weighted by molar-refractivity contribution is 0.478. The smallest absolute Gasteiger partial charge is 0.254 e. The van der Waals surface area contributed by atoms with E-state index in [0.29, 0.717) is 17.4 Å². The average Bonchev–Trinajstić information content (AvgIpc) is 2.23. The van der Waals surface area contributed by atoms with Crippen molar-refractivity contribution in [3.8, 4) is 5.75 Å². The third-order valence-electron chi connectivity index (χ3n) is 2.50. The van der Waals surface area contributed by atoms with Gasteiger partial charge in [-0.3, -0.25) is 4.79 Å². The van der Waals surface area contributed by atoms with Gasteiger partial charge < -0.3 is 9.67 Å². The van der Waals surface area contributed by atoms with Gasteiger partial charge in [-0.05, 0) is 24.6 Å². The molecular weight excluding hydrogens is 209 g/mol. The van der Waals surface area contributed by atoms with E-state index >= 15 is 0 Å². The molecule has 0 spiro atoms. The molecule has 0 aliphatic rings. The second kappa shape index (κ2) is 3.96. The summed E-state index contributed by atoms with van der Waals surface area (Å²) in [5.41, 5.74) is 0.129. The molecule has 0 bridgehead atoms. The van der Waals surface area contributed by atoms with Crippen LogP contribution in [0.3, 0.4) is 0 Å². The quantitative estimate of drug-likeness (QED) is 0.845. The number of fused-ring (bicyclic) bond motifs is 1. The van der Waals surface area contributed by atoms with Crippen LogP contribution in [0.15, 0.2) is 29.1 Å². The number of rotatable bonds is 2. The fraction of sp³-hybridized carbons (Fsp3) is 0.250. The zero-order chi connectivity index (χ0) is 11.7. The number of pyridine rings is 1. The Labute approximate surface area is 91.8 Å². The maximum atomic E-state index is 13.1. The van der Waals surface area contributed by atoms with Crippen LogP contribution in [-0.4, -0.2) is 9.67 Å². The number of benzene rings is 1. The molecule has 84 valence electrons. The molecule has 0 amide bonds. The van der Waals surface area contributed by atoms with Gasteiger partial charge in [-0.15, -0.1) is 0 Å². The lowest BCUT2D eigenvalue weighted by Crippen LogP contribution is -2.19. The van der Waals surface area contributed by atoms with E-state index < -0.39 is 5.82 Å². The van der Waals surface area contributed by atoms with Crippen LogP contribution in [0.25, 0.3) is 10.9 Å². The molecule has 0 saturated carbocycles. The molecule has 1 heterocycles. The standard InChI is InChI=1S/C12H12FNO2/c1-2-5-14-10-6-8(13)3-4-9(10)11(15)7-12(14)16/h3-4,6-7,15H,2,5H2,1H3. The predicted molar refractivity (Wildman–Crippen MR) is 60.1 cm³/mol. The van der Waals surface area contributed by atoms with Crippen LogP contribution >= 0.6 is 0 Å². The van der Waals surface area contributed by atoms with E-state index in [1.807, 2.05) is 6.92 Å². The van der Waals surface area contributed by atoms with Gasteiger partial charge in [0.25, 0.3) is 5.56 Å². The number of aromatic nitrogens is 1. The molecule has 0 aliphatic heterocycles. The minimum absolute atomic E-state index is 0.104. The van der Waals surface area contributed by atoms with Crippen molar-refractivity contribution >= 4 is 10.9 Å². The molecular formula is C12H12FNO2. The number of aryl methyl sites for hydroxylation is 1. The number of halogens is 1. The second-order valence-corrected chi connectivity index (χ2v) is 3.68. The molecule has 0 atom stereocenters. The van der Waals surface area contributed by atoms with Crippen LogP contribution in [0.5, 0.6) is 5.75 Å². The molecule has 2 rings (SSSR count). The molecule has 0 unspecified atom stereocenters. The largest absolute Gasteiger partial charge is 0.507 e. The Hall–Kier alpha value is -1.84. The van der Waals surface area contributed by atoms with Crippen molar-refractivity contribution in [2.24, 2.45) is 0 Å². The van der Waals surface area contributed by atoms with Crippen molar-refractivity contribution in [3.63, 3.8) is 0 Å². The van der Waals surface area contributed by atoms with Crippen LogP contribution in [0, 0.1) is 5.82 Å². The lowest BCUT2D eigenvalue weighted by atomic mass is 10.2. The number of nitrogens with zero attached hydrogens (tertiary/aromatic N) is 1. The van der Waals surface area contributed by atoms with E-state index in [2.05, 4.69) is 0 Å². The minimum atomic E-state index is -0.414. The zero-order valence-corrected chi connectivity index (χ0v) is 8.90. The third kappa shape index (κ3) is 1.66.